The first-order valence-corrected chi connectivity index (χ1v) is 9.66. The summed E-state index contributed by atoms with van der Waals surface area (Å²) in [6.45, 7) is 1.08. The lowest BCUT2D eigenvalue weighted by Gasteiger charge is -2.03. The minimum absolute atomic E-state index is 0.288. The number of aromatic carboxylic acids is 1. The number of benzene rings is 2. The molecule has 6 heteroatoms. The van der Waals surface area contributed by atoms with E-state index in [0.29, 0.717) is 18.8 Å². The molecule has 6 nitrogen and oxygen atoms in total. The summed E-state index contributed by atoms with van der Waals surface area (Å²) >= 11 is 0. The molecular weight excluding hydrogens is 392 g/mol. The molecular formula is C25H20N2O4+2. The number of carbonyl (C=O) groups is 2. The van der Waals surface area contributed by atoms with Crippen LogP contribution in [0.4, 0.5) is 0 Å². The minimum atomic E-state index is -0.920. The molecule has 152 valence electrons. The van der Waals surface area contributed by atoms with Gasteiger partial charge in [-0.25, -0.2) is 9.36 Å². The van der Waals surface area contributed by atoms with Crippen molar-refractivity contribution in [2.45, 2.75) is 6.54 Å². The van der Waals surface area contributed by atoms with Crippen molar-refractivity contribution < 1.29 is 28.6 Å². The van der Waals surface area contributed by atoms with Gasteiger partial charge in [-0.15, -0.1) is 0 Å². The van der Waals surface area contributed by atoms with E-state index in [1.54, 1.807) is 24.3 Å². The van der Waals surface area contributed by atoms with Gasteiger partial charge in [0.2, 0.25) is 5.69 Å². The molecule has 0 bridgehead atoms. The van der Waals surface area contributed by atoms with Crippen molar-refractivity contribution >= 4 is 12.4 Å². The lowest BCUT2D eigenvalue weighted by Crippen LogP contribution is -2.33. The molecule has 0 saturated heterocycles. The second kappa shape index (κ2) is 9.00. The van der Waals surface area contributed by atoms with Crippen LogP contribution in [0.15, 0.2) is 97.6 Å². The summed E-state index contributed by atoms with van der Waals surface area (Å²) in [5, 5.41) is 8.99. The normalized spacial score (nSPS) is 10.5. The highest BCUT2D eigenvalue weighted by Gasteiger charge is 2.09. The van der Waals surface area contributed by atoms with Crippen molar-refractivity contribution in [3.8, 4) is 22.6 Å². The number of carbonyl (C=O) groups excluding carboxylic acids is 1. The van der Waals surface area contributed by atoms with E-state index in [-0.39, 0.29) is 5.56 Å². The monoisotopic (exact) mass is 412 g/mol. The second-order valence-electron chi connectivity index (χ2n) is 6.96. The van der Waals surface area contributed by atoms with Crippen molar-refractivity contribution in [1.29, 1.82) is 0 Å². The Bertz CT molecular complexity index is 1180. The number of pyridine rings is 2. The third kappa shape index (κ3) is 4.82. The highest BCUT2D eigenvalue weighted by molar-refractivity contribution is 5.87. The Kier molecular flexibility index (Phi) is 5.80. The number of carboxylic acids is 1. The number of ether oxygens (including phenoxy) is 1. The molecule has 0 aliphatic carbocycles. The average Bonchev–Trinajstić information content (AvgIpc) is 2.81. The maximum Gasteiger partial charge on any atom is 0.335 e. The summed E-state index contributed by atoms with van der Waals surface area (Å²) in [7, 11) is 0. The van der Waals surface area contributed by atoms with Crippen molar-refractivity contribution in [1.82, 2.24) is 0 Å². The molecule has 0 radical (unpaired) electrons. The Morgan fingerprint density at radius 1 is 0.806 bits per heavy atom. The molecule has 2 aromatic heterocycles. The Hall–Kier alpha value is -4.32. The summed E-state index contributed by atoms with van der Waals surface area (Å²) in [4.78, 5) is 21.4. The van der Waals surface area contributed by atoms with Gasteiger partial charge in [-0.3, -0.25) is 4.79 Å². The van der Waals surface area contributed by atoms with E-state index in [1.165, 1.54) is 0 Å². The Labute approximate surface area is 179 Å². The van der Waals surface area contributed by atoms with Gasteiger partial charge in [-0.05, 0) is 35.4 Å². The first kappa shape index (κ1) is 20.0. The van der Waals surface area contributed by atoms with Crippen molar-refractivity contribution in [3.05, 3.63) is 109 Å². The highest BCUT2D eigenvalue weighted by Crippen LogP contribution is 2.17. The van der Waals surface area contributed by atoms with Gasteiger partial charge in [0.1, 0.15) is 5.75 Å². The fraction of sp³-hybridized carbons (Fsp3) is 0.0400. The molecule has 31 heavy (non-hydrogen) atoms. The Morgan fingerprint density at radius 3 is 1.94 bits per heavy atom. The summed E-state index contributed by atoms with van der Waals surface area (Å²) in [5.41, 5.74) is 4.47. The van der Waals surface area contributed by atoms with E-state index < -0.39 is 5.97 Å². The maximum atomic E-state index is 11.0. The summed E-state index contributed by atoms with van der Waals surface area (Å²) < 4.78 is 8.85. The number of carboxylic acid groups (broad SMARTS) is 1. The number of hydrogen-bond acceptors (Lipinski definition) is 3. The van der Waals surface area contributed by atoms with Crippen LogP contribution in [0.3, 0.4) is 0 Å². The molecule has 4 rings (SSSR count). The van der Waals surface area contributed by atoms with Gasteiger partial charge in [-0.1, -0.05) is 12.1 Å². The van der Waals surface area contributed by atoms with Crippen molar-refractivity contribution in [3.63, 3.8) is 0 Å². The van der Waals surface area contributed by atoms with Gasteiger partial charge in [0.15, 0.2) is 31.3 Å². The number of hydrogen-bond donors (Lipinski definition) is 1. The molecule has 0 atom stereocenters. The summed E-state index contributed by atoms with van der Waals surface area (Å²) in [5.74, 6) is -0.414. The van der Waals surface area contributed by atoms with E-state index in [2.05, 4.69) is 12.1 Å². The maximum absolute atomic E-state index is 11.0. The van der Waals surface area contributed by atoms with Gasteiger partial charge >= 0.3 is 5.97 Å². The molecule has 0 unspecified atom stereocenters. The Morgan fingerprint density at radius 2 is 1.39 bits per heavy atom. The first-order valence-electron chi connectivity index (χ1n) is 9.66. The zero-order valence-corrected chi connectivity index (χ0v) is 16.6. The largest absolute Gasteiger partial charge is 0.478 e. The van der Waals surface area contributed by atoms with E-state index in [4.69, 9.17) is 9.84 Å². The molecule has 0 fully saturated rings. The van der Waals surface area contributed by atoms with E-state index >= 15 is 0 Å². The third-order valence-corrected chi connectivity index (χ3v) is 4.94. The quantitative estimate of drug-likeness (QED) is 0.374. The summed E-state index contributed by atoms with van der Waals surface area (Å²) in [6, 6.07) is 22.3. The predicted octanol–water partition coefficient (Wildman–Crippen LogP) is 3.20. The molecule has 4 aromatic rings. The van der Waals surface area contributed by atoms with Gasteiger partial charge in [0.25, 0.3) is 6.47 Å². The molecule has 0 aliphatic rings. The lowest BCUT2D eigenvalue weighted by atomic mass is 10.1. The van der Waals surface area contributed by atoms with Crippen molar-refractivity contribution in [2.24, 2.45) is 0 Å². The number of aromatic nitrogens is 2. The molecule has 1 N–H and O–H groups in total. The second-order valence-corrected chi connectivity index (χ2v) is 6.96. The zero-order chi connectivity index (χ0) is 21.6. The fourth-order valence-corrected chi connectivity index (χ4v) is 3.26. The molecule has 0 amide bonds. The average molecular weight is 412 g/mol. The van der Waals surface area contributed by atoms with Crippen LogP contribution in [0, 0.1) is 0 Å². The number of nitrogens with zero attached hydrogens (tertiary/aromatic N) is 2. The fourth-order valence-electron chi connectivity index (χ4n) is 3.26. The molecule has 0 saturated carbocycles. The predicted molar refractivity (Wildman–Crippen MR) is 113 cm³/mol. The van der Waals surface area contributed by atoms with Gasteiger partial charge in [-0.2, -0.15) is 4.57 Å². The minimum Gasteiger partial charge on any atom is -0.478 e. The first-order chi connectivity index (χ1) is 15.1. The van der Waals surface area contributed by atoms with Crippen molar-refractivity contribution in [2.75, 3.05) is 0 Å². The summed E-state index contributed by atoms with van der Waals surface area (Å²) in [6.07, 6.45) is 7.98. The van der Waals surface area contributed by atoms with Crippen LogP contribution in [0.2, 0.25) is 0 Å². The van der Waals surface area contributed by atoms with E-state index in [1.807, 2.05) is 70.3 Å². The standard InChI is InChI=1S/C25H19N2O4/c28-18-31-24-7-5-23(6-8-24)27-15-11-21(12-16-27)20-9-13-26(14-10-20)17-19-1-3-22(4-2-19)25(29)30/h1-16,18H,17H2/q+1/p+1. The van der Waals surface area contributed by atoms with Crippen LogP contribution >= 0.6 is 0 Å². The van der Waals surface area contributed by atoms with Gasteiger partial charge < -0.3 is 9.84 Å². The lowest BCUT2D eigenvalue weighted by molar-refractivity contribution is -0.688. The smallest absolute Gasteiger partial charge is 0.335 e. The van der Waals surface area contributed by atoms with Crippen LogP contribution in [-0.2, 0) is 11.3 Å². The molecule has 0 spiro atoms. The SMILES string of the molecule is O=COc1ccc(-[n+]2ccc(-c3cc[n+](Cc4ccc(C(=O)O)cc4)cc3)cc2)cc1. The van der Waals surface area contributed by atoms with Crippen LogP contribution in [0.25, 0.3) is 16.8 Å². The van der Waals surface area contributed by atoms with E-state index in [0.717, 1.165) is 22.4 Å². The van der Waals surface area contributed by atoms with Crippen LogP contribution in [0.1, 0.15) is 15.9 Å². The third-order valence-electron chi connectivity index (χ3n) is 4.94. The molecule has 2 heterocycles. The molecule has 0 aliphatic heterocycles. The van der Waals surface area contributed by atoms with Crippen LogP contribution in [0.5, 0.6) is 5.75 Å². The zero-order valence-electron chi connectivity index (χ0n) is 16.6. The van der Waals surface area contributed by atoms with Crippen LogP contribution < -0.4 is 13.9 Å². The topological polar surface area (TPSA) is 71.4 Å². The van der Waals surface area contributed by atoms with E-state index in [9.17, 15) is 9.59 Å². The number of rotatable bonds is 7. The van der Waals surface area contributed by atoms with Crippen LogP contribution in [-0.4, -0.2) is 17.5 Å². The van der Waals surface area contributed by atoms with Gasteiger partial charge in [0.05, 0.1) is 5.56 Å². The molecule has 2 aromatic carbocycles. The highest BCUT2D eigenvalue weighted by atomic mass is 16.5. The van der Waals surface area contributed by atoms with Gasteiger partial charge in [0, 0.05) is 42.0 Å². The Balaban J connectivity index is 1.45.